The normalized spacial score (nSPS) is 23.2. The van der Waals surface area contributed by atoms with Gasteiger partial charge in [-0.3, -0.25) is 4.90 Å². The highest BCUT2D eigenvalue weighted by molar-refractivity contribution is 7.79. The third-order valence-corrected chi connectivity index (χ3v) is 3.12. The lowest BCUT2D eigenvalue weighted by molar-refractivity contribution is 0.173. The summed E-state index contributed by atoms with van der Waals surface area (Å²) >= 11 is -1.70. The summed E-state index contributed by atoms with van der Waals surface area (Å²) in [5, 5.41) is 8.73. The van der Waals surface area contributed by atoms with E-state index in [1.807, 2.05) is 4.90 Å². The third-order valence-electron chi connectivity index (χ3n) is 2.54. The lowest BCUT2D eigenvalue weighted by Crippen LogP contribution is -2.35. The molecule has 0 saturated carbocycles. The van der Waals surface area contributed by atoms with Gasteiger partial charge >= 0.3 is 0 Å². The molecule has 0 bridgehead atoms. The van der Waals surface area contributed by atoms with Crippen molar-refractivity contribution in [2.24, 2.45) is 5.92 Å². The number of aliphatic hydroxyl groups is 1. The standard InChI is InChI=1S/C8H17NO3S/c10-6-3-8-1-4-9(5-2-8)7-13(11)12/h8,10H,1-7H2,(H,11,12). The van der Waals surface area contributed by atoms with Gasteiger partial charge in [0.1, 0.15) is 5.88 Å². The Kier molecular flexibility index (Phi) is 4.87. The van der Waals surface area contributed by atoms with Crippen LogP contribution in [0.1, 0.15) is 19.3 Å². The molecule has 0 radical (unpaired) electrons. The number of aliphatic hydroxyl groups excluding tert-OH is 1. The molecule has 2 N–H and O–H groups in total. The zero-order valence-electron chi connectivity index (χ0n) is 7.69. The summed E-state index contributed by atoms with van der Waals surface area (Å²) in [4.78, 5) is 2.00. The molecule has 0 aromatic rings. The summed E-state index contributed by atoms with van der Waals surface area (Å²) in [5.74, 6) is 0.875. The van der Waals surface area contributed by atoms with Crippen LogP contribution in [-0.2, 0) is 11.1 Å². The number of rotatable bonds is 4. The molecule has 1 fully saturated rings. The Labute approximate surface area is 81.2 Å². The number of piperidine rings is 1. The van der Waals surface area contributed by atoms with E-state index in [-0.39, 0.29) is 12.5 Å². The van der Waals surface area contributed by atoms with Crippen LogP contribution in [0.4, 0.5) is 0 Å². The van der Waals surface area contributed by atoms with Gasteiger partial charge in [0.05, 0.1) is 0 Å². The van der Waals surface area contributed by atoms with Crippen molar-refractivity contribution < 1.29 is 13.9 Å². The van der Waals surface area contributed by atoms with Crippen LogP contribution in [0.5, 0.6) is 0 Å². The van der Waals surface area contributed by atoms with Gasteiger partial charge in [-0.15, -0.1) is 0 Å². The molecule has 5 heteroatoms. The molecule has 1 rings (SSSR count). The molecule has 0 spiro atoms. The quantitative estimate of drug-likeness (QED) is 0.649. The van der Waals surface area contributed by atoms with Gasteiger partial charge in [0, 0.05) is 6.61 Å². The Morgan fingerprint density at radius 1 is 1.38 bits per heavy atom. The fourth-order valence-corrected chi connectivity index (χ4v) is 2.31. The maximum absolute atomic E-state index is 10.5. The predicted octanol–water partition coefficient (Wildman–Crippen LogP) is 0.260. The van der Waals surface area contributed by atoms with Gasteiger partial charge in [-0.2, -0.15) is 0 Å². The second-order valence-corrected chi connectivity index (χ2v) is 4.43. The lowest BCUT2D eigenvalue weighted by atomic mass is 9.94. The maximum atomic E-state index is 10.5. The van der Waals surface area contributed by atoms with E-state index in [1.54, 1.807) is 0 Å². The molecule has 1 unspecified atom stereocenters. The smallest absolute Gasteiger partial charge is 0.167 e. The zero-order valence-corrected chi connectivity index (χ0v) is 8.50. The van der Waals surface area contributed by atoms with Crippen molar-refractivity contribution in [2.75, 3.05) is 25.6 Å². The minimum Gasteiger partial charge on any atom is -0.396 e. The molecule has 1 aliphatic rings. The van der Waals surface area contributed by atoms with Crippen LogP contribution in [0.15, 0.2) is 0 Å². The Hall–Kier alpha value is 0.0300. The van der Waals surface area contributed by atoms with Crippen molar-refractivity contribution in [3.63, 3.8) is 0 Å². The second kappa shape index (κ2) is 5.70. The number of hydrogen-bond acceptors (Lipinski definition) is 3. The summed E-state index contributed by atoms with van der Waals surface area (Å²) in [6.07, 6.45) is 2.95. The van der Waals surface area contributed by atoms with Crippen LogP contribution in [-0.4, -0.2) is 44.3 Å². The Morgan fingerprint density at radius 3 is 2.46 bits per heavy atom. The van der Waals surface area contributed by atoms with Gasteiger partial charge in [-0.1, -0.05) is 0 Å². The molecule has 0 aliphatic carbocycles. The van der Waals surface area contributed by atoms with Crippen molar-refractivity contribution in [1.82, 2.24) is 4.90 Å². The highest BCUT2D eigenvalue weighted by Gasteiger charge is 2.19. The molecule has 1 atom stereocenters. The van der Waals surface area contributed by atoms with Gasteiger partial charge < -0.3 is 9.66 Å². The molecule has 1 heterocycles. The van der Waals surface area contributed by atoms with Gasteiger partial charge in [0.25, 0.3) is 0 Å². The molecule has 4 nitrogen and oxygen atoms in total. The first-order valence-corrected chi connectivity index (χ1v) is 5.90. The molecule has 13 heavy (non-hydrogen) atoms. The average Bonchev–Trinajstić information content (AvgIpc) is 2.08. The average molecular weight is 207 g/mol. The van der Waals surface area contributed by atoms with E-state index in [1.165, 1.54) is 0 Å². The minimum atomic E-state index is -1.70. The van der Waals surface area contributed by atoms with Crippen LogP contribution < -0.4 is 0 Å². The van der Waals surface area contributed by atoms with Crippen LogP contribution in [0.3, 0.4) is 0 Å². The van der Waals surface area contributed by atoms with E-state index in [2.05, 4.69) is 0 Å². The summed E-state index contributed by atoms with van der Waals surface area (Å²) < 4.78 is 19.2. The molecular weight excluding hydrogens is 190 g/mol. The van der Waals surface area contributed by atoms with E-state index in [0.717, 1.165) is 32.4 Å². The summed E-state index contributed by atoms with van der Waals surface area (Å²) in [6.45, 7) is 2.03. The van der Waals surface area contributed by atoms with Crippen molar-refractivity contribution in [1.29, 1.82) is 0 Å². The largest absolute Gasteiger partial charge is 0.396 e. The van der Waals surface area contributed by atoms with E-state index in [9.17, 15) is 4.21 Å². The second-order valence-electron chi connectivity index (χ2n) is 3.52. The predicted molar refractivity (Wildman–Crippen MR) is 51.6 cm³/mol. The van der Waals surface area contributed by atoms with Gasteiger partial charge in [-0.05, 0) is 38.3 Å². The minimum absolute atomic E-state index is 0.261. The third kappa shape index (κ3) is 4.17. The highest BCUT2D eigenvalue weighted by atomic mass is 32.2. The zero-order chi connectivity index (χ0) is 9.68. The summed E-state index contributed by atoms with van der Waals surface area (Å²) in [5.41, 5.74) is 0. The molecule has 0 amide bonds. The Balaban J connectivity index is 2.18. The molecule has 1 aliphatic heterocycles. The van der Waals surface area contributed by atoms with Crippen molar-refractivity contribution >= 4 is 11.1 Å². The molecule has 0 aromatic carbocycles. The topological polar surface area (TPSA) is 60.8 Å². The van der Waals surface area contributed by atoms with Crippen LogP contribution in [0.2, 0.25) is 0 Å². The number of likely N-dealkylation sites (tertiary alicyclic amines) is 1. The Bertz CT molecular complexity index is 169. The van der Waals surface area contributed by atoms with Crippen molar-refractivity contribution in [2.45, 2.75) is 19.3 Å². The van der Waals surface area contributed by atoms with E-state index >= 15 is 0 Å². The first-order chi connectivity index (χ1) is 6.22. The number of nitrogens with zero attached hydrogens (tertiary/aromatic N) is 1. The van der Waals surface area contributed by atoms with Gasteiger partial charge in [0.15, 0.2) is 11.1 Å². The van der Waals surface area contributed by atoms with Gasteiger partial charge in [-0.25, -0.2) is 4.21 Å². The van der Waals surface area contributed by atoms with Crippen molar-refractivity contribution in [3.05, 3.63) is 0 Å². The maximum Gasteiger partial charge on any atom is 0.167 e. The molecular formula is C8H17NO3S. The fourth-order valence-electron chi connectivity index (χ4n) is 1.74. The van der Waals surface area contributed by atoms with E-state index in [4.69, 9.17) is 9.66 Å². The molecule has 1 saturated heterocycles. The van der Waals surface area contributed by atoms with Crippen LogP contribution in [0, 0.1) is 5.92 Å². The van der Waals surface area contributed by atoms with Gasteiger partial charge in [0.2, 0.25) is 0 Å². The Morgan fingerprint density at radius 2 is 2.00 bits per heavy atom. The fraction of sp³-hybridized carbons (Fsp3) is 1.00. The lowest BCUT2D eigenvalue weighted by Gasteiger charge is -2.30. The van der Waals surface area contributed by atoms with E-state index in [0.29, 0.717) is 5.92 Å². The first kappa shape index (κ1) is 11.1. The summed E-state index contributed by atoms with van der Waals surface area (Å²) in [7, 11) is 0. The van der Waals surface area contributed by atoms with Crippen LogP contribution >= 0.6 is 0 Å². The molecule has 0 aromatic heterocycles. The number of hydrogen-bond donors (Lipinski definition) is 2. The highest BCUT2D eigenvalue weighted by Crippen LogP contribution is 2.19. The summed E-state index contributed by atoms with van der Waals surface area (Å²) in [6, 6.07) is 0. The monoisotopic (exact) mass is 207 g/mol. The van der Waals surface area contributed by atoms with Crippen LogP contribution in [0.25, 0.3) is 0 Å². The van der Waals surface area contributed by atoms with E-state index < -0.39 is 11.1 Å². The van der Waals surface area contributed by atoms with Crippen molar-refractivity contribution in [3.8, 4) is 0 Å². The SMILES string of the molecule is O=S(O)CN1CCC(CCO)CC1. The molecule has 78 valence electrons. The first-order valence-electron chi connectivity index (χ1n) is 4.63.